The molecule has 3 aromatic rings. The predicted octanol–water partition coefficient (Wildman–Crippen LogP) is 6.14. The molecule has 0 aromatic heterocycles. The third kappa shape index (κ3) is 5.44. The molecule has 1 N–H and O–H groups in total. The molecule has 0 heterocycles. The molecule has 3 rings (SSSR count). The quantitative estimate of drug-likeness (QED) is 0.416. The van der Waals surface area contributed by atoms with Crippen LogP contribution in [-0.4, -0.2) is 19.5 Å². The van der Waals surface area contributed by atoms with E-state index in [9.17, 15) is 26.7 Å². The third-order valence-electron chi connectivity index (χ3n) is 5.81. The van der Waals surface area contributed by atoms with Gasteiger partial charge in [0.1, 0.15) is 6.04 Å². The molecule has 8 heteroatoms. The highest BCUT2D eigenvalue weighted by Crippen LogP contribution is 2.33. The van der Waals surface area contributed by atoms with Crippen molar-refractivity contribution in [1.82, 2.24) is 5.32 Å². The van der Waals surface area contributed by atoms with Gasteiger partial charge in [-0.25, -0.2) is 8.78 Å². The molecule has 0 radical (unpaired) electrons. The van der Waals surface area contributed by atoms with Gasteiger partial charge in [-0.2, -0.15) is 13.2 Å². The maximum atomic E-state index is 14.5. The van der Waals surface area contributed by atoms with E-state index in [2.05, 4.69) is 5.32 Å². The fraction of sp³-hybridized carbons (Fsp3) is 0.269. The number of carbonyl (C=O) groups is 1. The van der Waals surface area contributed by atoms with Crippen LogP contribution in [0.15, 0.2) is 60.7 Å². The molecule has 0 bridgehead atoms. The van der Waals surface area contributed by atoms with Gasteiger partial charge >= 0.3 is 6.18 Å². The second kappa shape index (κ2) is 10.3. The standard InChI is InChI=1S/C26H25F5N2O/c1-16-9-11-20(15-17(16)2)33(25(34)24(32-3)19-7-5-4-6-8-19)14-13-18-10-12-21(26(29,30)31)23(28)22(18)27/h4-12,15,24,32H,13-14H2,1-3H3/t24-/m0/s1. The summed E-state index contributed by atoms with van der Waals surface area (Å²) in [6, 6.07) is 15.2. The summed E-state index contributed by atoms with van der Waals surface area (Å²) in [5.74, 6) is -3.83. The smallest absolute Gasteiger partial charge is 0.310 e. The van der Waals surface area contributed by atoms with E-state index in [1.807, 2.05) is 32.0 Å². The van der Waals surface area contributed by atoms with Gasteiger partial charge in [0.05, 0.1) is 5.56 Å². The number of hydrogen-bond donors (Lipinski definition) is 1. The number of benzene rings is 3. The summed E-state index contributed by atoms with van der Waals surface area (Å²) in [4.78, 5) is 15.0. The van der Waals surface area contributed by atoms with Crippen molar-refractivity contribution in [3.63, 3.8) is 0 Å². The molecule has 180 valence electrons. The number of aryl methyl sites for hydroxylation is 2. The number of nitrogens with one attached hydrogen (secondary N) is 1. The van der Waals surface area contributed by atoms with Crippen molar-refractivity contribution in [3.8, 4) is 0 Å². The van der Waals surface area contributed by atoms with Crippen LogP contribution in [0.4, 0.5) is 27.6 Å². The van der Waals surface area contributed by atoms with E-state index in [0.29, 0.717) is 11.8 Å². The molecule has 3 aromatic carbocycles. The summed E-state index contributed by atoms with van der Waals surface area (Å²) in [6.07, 6.45) is -5.18. The lowest BCUT2D eigenvalue weighted by Gasteiger charge is -2.28. The summed E-state index contributed by atoms with van der Waals surface area (Å²) in [5, 5.41) is 2.99. The molecule has 0 aliphatic carbocycles. The van der Waals surface area contributed by atoms with Crippen molar-refractivity contribution < 1.29 is 26.7 Å². The Morgan fingerprint density at radius 1 is 0.941 bits per heavy atom. The Morgan fingerprint density at radius 2 is 1.62 bits per heavy atom. The lowest BCUT2D eigenvalue weighted by molar-refractivity contribution is -0.140. The zero-order valence-corrected chi connectivity index (χ0v) is 19.0. The van der Waals surface area contributed by atoms with E-state index in [4.69, 9.17) is 0 Å². The molecule has 0 saturated carbocycles. The number of hydrogen-bond acceptors (Lipinski definition) is 2. The van der Waals surface area contributed by atoms with Crippen LogP contribution in [0, 0.1) is 25.5 Å². The lowest BCUT2D eigenvalue weighted by Crippen LogP contribution is -2.41. The van der Waals surface area contributed by atoms with Crippen molar-refractivity contribution >= 4 is 11.6 Å². The van der Waals surface area contributed by atoms with E-state index in [0.717, 1.165) is 22.8 Å². The molecular formula is C26H25F5N2O. The molecule has 1 atom stereocenters. The fourth-order valence-corrected chi connectivity index (χ4v) is 3.73. The largest absolute Gasteiger partial charge is 0.419 e. The Morgan fingerprint density at radius 3 is 2.21 bits per heavy atom. The van der Waals surface area contributed by atoms with E-state index < -0.39 is 29.4 Å². The molecule has 0 aliphatic heterocycles. The van der Waals surface area contributed by atoms with E-state index in [1.165, 1.54) is 4.90 Å². The fourth-order valence-electron chi connectivity index (χ4n) is 3.73. The molecule has 0 fully saturated rings. The molecule has 0 unspecified atom stereocenters. The van der Waals surface area contributed by atoms with Crippen LogP contribution in [0.1, 0.15) is 33.9 Å². The molecule has 3 nitrogen and oxygen atoms in total. The van der Waals surface area contributed by atoms with Gasteiger partial charge in [-0.15, -0.1) is 0 Å². The molecule has 0 saturated heterocycles. The molecule has 34 heavy (non-hydrogen) atoms. The van der Waals surface area contributed by atoms with Gasteiger partial charge in [0.15, 0.2) is 11.6 Å². The summed E-state index contributed by atoms with van der Waals surface area (Å²) < 4.78 is 67.2. The normalized spacial score (nSPS) is 12.5. The molecule has 0 aliphatic rings. The van der Waals surface area contributed by atoms with Gasteiger partial charge in [0.2, 0.25) is 5.91 Å². The number of amides is 1. The Balaban J connectivity index is 1.96. The number of alkyl halides is 3. The molecule has 0 spiro atoms. The first-order valence-electron chi connectivity index (χ1n) is 10.7. The average molecular weight is 476 g/mol. The second-order valence-corrected chi connectivity index (χ2v) is 8.04. The van der Waals surface area contributed by atoms with Crippen LogP contribution in [0.2, 0.25) is 0 Å². The van der Waals surface area contributed by atoms with Crippen LogP contribution in [-0.2, 0) is 17.4 Å². The van der Waals surface area contributed by atoms with Gasteiger partial charge in [0.25, 0.3) is 0 Å². The van der Waals surface area contributed by atoms with Crippen LogP contribution in [0.25, 0.3) is 0 Å². The van der Waals surface area contributed by atoms with Crippen molar-refractivity contribution in [3.05, 3.63) is 100 Å². The summed E-state index contributed by atoms with van der Waals surface area (Å²) in [7, 11) is 1.64. The van der Waals surface area contributed by atoms with Gasteiger partial charge < -0.3 is 10.2 Å². The molecule has 1 amide bonds. The van der Waals surface area contributed by atoms with Gasteiger partial charge in [-0.05, 0) is 67.8 Å². The van der Waals surface area contributed by atoms with Crippen LogP contribution >= 0.6 is 0 Å². The zero-order valence-electron chi connectivity index (χ0n) is 19.0. The highest BCUT2D eigenvalue weighted by Gasteiger charge is 2.36. The number of carbonyl (C=O) groups excluding carboxylic acids is 1. The second-order valence-electron chi connectivity index (χ2n) is 8.04. The van der Waals surface area contributed by atoms with Crippen molar-refractivity contribution in [2.75, 3.05) is 18.5 Å². The Hall–Kier alpha value is -3.26. The summed E-state index contributed by atoms with van der Waals surface area (Å²) in [5.41, 5.74) is 1.32. The summed E-state index contributed by atoms with van der Waals surface area (Å²) >= 11 is 0. The molecular weight excluding hydrogens is 451 g/mol. The minimum atomic E-state index is -5.00. The monoisotopic (exact) mass is 476 g/mol. The van der Waals surface area contributed by atoms with Gasteiger partial charge in [0, 0.05) is 12.2 Å². The third-order valence-corrected chi connectivity index (χ3v) is 5.81. The van der Waals surface area contributed by atoms with E-state index in [-0.39, 0.29) is 24.4 Å². The number of rotatable bonds is 7. The average Bonchev–Trinajstić information content (AvgIpc) is 2.79. The van der Waals surface area contributed by atoms with Crippen molar-refractivity contribution in [2.45, 2.75) is 32.5 Å². The van der Waals surface area contributed by atoms with Crippen LogP contribution in [0.3, 0.4) is 0 Å². The van der Waals surface area contributed by atoms with Crippen molar-refractivity contribution in [1.29, 1.82) is 0 Å². The minimum absolute atomic E-state index is 0.0614. The van der Waals surface area contributed by atoms with Crippen molar-refractivity contribution in [2.24, 2.45) is 0 Å². The maximum Gasteiger partial charge on any atom is 0.419 e. The Labute approximate surface area is 195 Å². The number of nitrogens with zero attached hydrogens (tertiary/aromatic N) is 1. The number of anilines is 1. The highest BCUT2D eigenvalue weighted by molar-refractivity contribution is 5.98. The van der Waals surface area contributed by atoms with Gasteiger partial charge in [-0.1, -0.05) is 42.5 Å². The number of halogens is 5. The Bertz CT molecular complexity index is 1160. The van der Waals surface area contributed by atoms with E-state index >= 15 is 0 Å². The van der Waals surface area contributed by atoms with Gasteiger partial charge in [-0.3, -0.25) is 4.79 Å². The first-order chi connectivity index (χ1) is 16.0. The maximum absolute atomic E-state index is 14.5. The van der Waals surface area contributed by atoms with Crippen LogP contribution in [0.5, 0.6) is 0 Å². The zero-order chi connectivity index (χ0) is 25.0. The Kier molecular flexibility index (Phi) is 7.71. The summed E-state index contributed by atoms with van der Waals surface area (Å²) in [6.45, 7) is 3.75. The first-order valence-corrected chi connectivity index (χ1v) is 10.7. The predicted molar refractivity (Wildman–Crippen MR) is 122 cm³/mol. The number of likely N-dealkylation sites (N-methyl/N-ethyl adjacent to an activating group) is 1. The van der Waals surface area contributed by atoms with E-state index in [1.54, 1.807) is 37.4 Å². The minimum Gasteiger partial charge on any atom is -0.310 e. The SMILES string of the molecule is CN[C@H](C(=O)N(CCc1ccc(C(F)(F)F)c(F)c1F)c1ccc(C)c(C)c1)c1ccccc1. The topological polar surface area (TPSA) is 32.3 Å². The highest BCUT2D eigenvalue weighted by atomic mass is 19.4. The lowest BCUT2D eigenvalue weighted by atomic mass is 10.0. The van der Waals surface area contributed by atoms with Crippen LogP contribution < -0.4 is 10.2 Å². The first kappa shape index (κ1) is 25.4.